The molecule has 0 aliphatic heterocycles. The first kappa shape index (κ1) is 13.7. The lowest BCUT2D eigenvalue weighted by Crippen LogP contribution is -2.13. The average molecular weight is 297 g/mol. The van der Waals surface area contributed by atoms with Crippen LogP contribution in [0.25, 0.3) is 0 Å². The van der Waals surface area contributed by atoms with E-state index in [1.165, 1.54) is 4.88 Å². The van der Waals surface area contributed by atoms with Gasteiger partial charge in [-0.1, -0.05) is 41.6 Å². The molecule has 106 valence electrons. The summed E-state index contributed by atoms with van der Waals surface area (Å²) in [6.07, 6.45) is 1.46. The van der Waals surface area contributed by atoms with Gasteiger partial charge in [0.1, 0.15) is 5.69 Å². The second kappa shape index (κ2) is 6.01. The van der Waals surface area contributed by atoms with Crippen LogP contribution in [0.1, 0.15) is 39.6 Å². The third kappa shape index (κ3) is 2.78. The lowest BCUT2D eigenvalue weighted by atomic mass is 10.1. The zero-order chi connectivity index (χ0) is 14.7. The molecule has 0 spiro atoms. The van der Waals surface area contributed by atoms with Gasteiger partial charge < -0.3 is 0 Å². The predicted molar refractivity (Wildman–Crippen MR) is 82.8 cm³/mol. The number of carbonyl (C=O) groups excluding carboxylic acids is 1. The minimum atomic E-state index is 0.0439. The Labute approximate surface area is 127 Å². The molecule has 0 fully saturated rings. The van der Waals surface area contributed by atoms with Gasteiger partial charge in [-0.3, -0.25) is 4.79 Å². The molecule has 1 atom stereocenters. The highest BCUT2D eigenvalue weighted by molar-refractivity contribution is 7.09. The van der Waals surface area contributed by atoms with Crippen molar-refractivity contribution in [3.63, 3.8) is 0 Å². The number of hydrogen-bond acceptors (Lipinski definition) is 4. The van der Waals surface area contributed by atoms with E-state index in [-0.39, 0.29) is 6.04 Å². The number of thiophene rings is 1. The maximum atomic E-state index is 11.2. The van der Waals surface area contributed by atoms with Gasteiger partial charge in [-0.05, 0) is 23.9 Å². The first-order chi connectivity index (χ1) is 10.3. The molecule has 0 saturated heterocycles. The maximum absolute atomic E-state index is 11.2. The van der Waals surface area contributed by atoms with Crippen LogP contribution in [0, 0.1) is 0 Å². The molecule has 0 bridgehead atoms. The molecule has 21 heavy (non-hydrogen) atoms. The quantitative estimate of drug-likeness (QED) is 0.678. The van der Waals surface area contributed by atoms with E-state index in [4.69, 9.17) is 0 Å². The third-order valence-electron chi connectivity index (χ3n) is 3.50. The Morgan fingerprint density at radius 1 is 1.24 bits per heavy atom. The Balaban J connectivity index is 1.99. The molecule has 3 rings (SSSR count). The maximum Gasteiger partial charge on any atom is 0.172 e. The number of aldehydes is 1. The summed E-state index contributed by atoms with van der Waals surface area (Å²) in [5, 5.41) is 10.2. The number of aromatic nitrogens is 3. The minimum Gasteiger partial charge on any atom is -0.296 e. The van der Waals surface area contributed by atoms with Crippen LogP contribution in [0.15, 0.2) is 47.8 Å². The van der Waals surface area contributed by atoms with Gasteiger partial charge in [-0.25, -0.2) is 4.68 Å². The zero-order valence-corrected chi connectivity index (χ0v) is 12.5. The van der Waals surface area contributed by atoms with Crippen molar-refractivity contribution >= 4 is 17.6 Å². The second-order valence-electron chi connectivity index (χ2n) is 4.83. The molecule has 5 heteroatoms. The molecule has 3 aromatic rings. The van der Waals surface area contributed by atoms with E-state index in [9.17, 15) is 4.79 Å². The lowest BCUT2D eigenvalue weighted by Gasteiger charge is -2.15. The molecule has 4 nitrogen and oxygen atoms in total. The number of carbonyl (C=O) groups is 1. The van der Waals surface area contributed by atoms with E-state index in [2.05, 4.69) is 35.4 Å². The molecule has 2 heterocycles. The highest BCUT2D eigenvalue weighted by Gasteiger charge is 2.18. The third-order valence-corrected chi connectivity index (χ3v) is 4.38. The fourth-order valence-corrected chi connectivity index (χ4v) is 3.06. The Morgan fingerprint density at radius 3 is 2.71 bits per heavy atom. The fraction of sp³-hybridized carbons (Fsp3) is 0.188. The van der Waals surface area contributed by atoms with Crippen LogP contribution in [0.5, 0.6) is 0 Å². The van der Waals surface area contributed by atoms with Gasteiger partial charge in [0.2, 0.25) is 0 Å². The van der Waals surface area contributed by atoms with Crippen molar-refractivity contribution in [3.8, 4) is 0 Å². The number of benzene rings is 1. The molecule has 0 amide bonds. The van der Waals surface area contributed by atoms with E-state index in [1.807, 2.05) is 34.3 Å². The first-order valence-corrected chi connectivity index (χ1v) is 7.64. The first-order valence-electron chi connectivity index (χ1n) is 6.76. The van der Waals surface area contributed by atoms with Crippen molar-refractivity contribution in [1.82, 2.24) is 15.0 Å². The summed E-state index contributed by atoms with van der Waals surface area (Å²) >= 11 is 1.67. The Bertz CT molecular complexity index is 719. The van der Waals surface area contributed by atoms with Gasteiger partial charge in [-0.15, -0.1) is 16.4 Å². The summed E-state index contributed by atoms with van der Waals surface area (Å²) in [7, 11) is 0. The Hall–Kier alpha value is -2.27. The van der Waals surface area contributed by atoms with E-state index in [1.54, 1.807) is 11.3 Å². The molecule has 0 saturated carbocycles. The van der Waals surface area contributed by atoms with Crippen LogP contribution in [0.2, 0.25) is 0 Å². The van der Waals surface area contributed by atoms with Crippen LogP contribution in [0.3, 0.4) is 0 Å². The van der Waals surface area contributed by atoms with Crippen molar-refractivity contribution < 1.29 is 4.79 Å². The summed E-state index contributed by atoms with van der Waals surface area (Å²) in [5.41, 5.74) is 2.43. The van der Waals surface area contributed by atoms with Gasteiger partial charge >= 0.3 is 0 Å². The SMILES string of the molecule is CC(c1ccccc1)n1nnc(C=O)c1Cc1cccs1. The topological polar surface area (TPSA) is 47.8 Å². The van der Waals surface area contributed by atoms with Gasteiger partial charge in [0.25, 0.3) is 0 Å². The smallest absolute Gasteiger partial charge is 0.172 e. The average Bonchev–Trinajstić information content (AvgIpc) is 3.17. The fourth-order valence-electron chi connectivity index (χ4n) is 2.35. The predicted octanol–water partition coefficient (Wildman–Crippen LogP) is 3.35. The monoisotopic (exact) mass is 297 g/mol. The van der Waals surface area contributed by atoms with Crippen LogP contribution in [-0.4, -0.2) is 21.3 Å². The van der Waals surface area contributed by atoms with Gasteiger partial charge in [0.05, 0.1) is 11.7 Å². The molecule has 1 aromatic carbocycles. The van der Waals surface area contributed by atoms with Crippen molar-refractivity contribution in [2.75, 3.05) is 0 Å². The van der Waals surface area contributed by atoms with Crippen molar-refractivity contribution in [1.29, 1.82) is 0 Å². The van der Waals surface area contributed by atoms with Gasteiger partial charge in [-0.2, -0.15) is 0 Å². The van der Waals surface area contributed by atoms with Crippen molar-refractivity contribution in [2.45, 2.75) is 19.4 Å². The standard InChI is InChI=1S/C16H15N3OS/c1-12(13-6-3-2-4-7-13)19-16(15(11-20)17-18-19)10-14-8-5-9-21-14/h2-9,11-12H,10H2,1H3. The molecule has 0 aliphatic carbocycles. The molecule has 0 N–H and O–H groups in total. The molecular weight excluding hydrogens is 282 g/mol. The molecule has 0 radical (unpaired) electrons. The van der Waals surface area contributed by atoms with E-state index < -0.39 is 0 Å². The molecule has 2 aromatic heterocycles. The van der Waals surface area contributed by atoms with Gasteiger partial charge in [0.15, 0.2) is 6.29 Å². The van der Waals surface area contributed by atoms with Crippen LogP contribution < -0.4 is 0 Å². The highest BCUT2D eigenvalue weighted by atomic mass is 32.1. The molecular formula is C16H15N3OS. The van der Waals surface area contributed by atoms with Crippen molar-refractivity contribution in [3.05, 3.63) is 69.7 Å². The molecule has 0 aliphatic rings. The lowest BCUT2D eigenvalue weighted by molar-refractivity contribution is 0.111. The normalized spacial score (nSPS) is 12.2. The zero-order valence-electron chi connectivity index (χ0n) is 11.6. The summed E-state index contributed by atoms with van der Waals surface area (Å²) < 4.78 is 1.85. The highest BCUT2D eigenvalue weighted by Crippen LogP contribution is 2.22. The largest absolute Gasteiger partial charge is 0.296 e. The summed E-state index contributed by atoms with van der Waals surface area (Å²) in [4.78, 5) is 12.4. The number of rotatable bonds is 5. The minimum absolute atomic E-state index is 0.0439. The van der Waals surface area contributed by atoms with E-state index in [0.29, 0.717) is 12.1 Å². The van der Waals surface area contributed by atoms with Gasteiger partial charge in [0, 0.05) is 11.3 Å². The van der Waals surface area contributed by atoms with Crippen LogP contribution >= 0.6 is 11.3 Å². The summed E-state index contributed by atoms with van der Waals surface area (Å²) in [5.74, 6) is 0. The second-order valence-corrected chi connectivity index (χ2v) is 5.86. The van der Waals surface area contributed by atoms with Crippen LogP contribution in [-0.2, 0) is 6.42 Å². The Kier molecular flexibility index (Phi) is 3.92. The van der Waals surface area contributed by atoms with Crippen molar-refractivity contribution in [2.24, 2.45) is 0 Å². The van der Waals surface area contributed by atoms with Crippen LogP contribution in [0.4, 0.5) is 0 Å². The summed E-state index contributed by atoms with van der Waals surface area (Å²) in [6, 6.07) is 14.2. The number of nitrogens with zero attached hydrogens (tertiary/aromatic N) is 3. The number of hydrogen-bond donors (Lipinski definition) is 0. The van der Waals surface area contributed by atoms with E-state index in [0.717, 1.165) is 17.5 Å². The molecule has 1 unspecified atom stereocenters. The Morgan fingerprint density at radius 2 is 2.05 bits per heavy atom. The summed E-state index contributed by atoms with van der Waals surface area (Å²) in [6.45, 7) is 2.07. The van der Waals surface area contributed by atoms with E-state index >= 15 is 0 Å².